The summed E-state index contributed by atoms with van der Waals surface area (Å²) >= 11 is 0. The van der Waals surface area contributed by atoms with E-state index in [-0.39, 0.29) is 10.6 Å². The average Bonchev–Trinajstić information content (AvgIpc) is 2.95. The van der Waals surface area contributed by atoms with Crippen LogP contribution in [0.2, 0.25) is 0 Å². The van der Waals surface area contributed by atoms with Crippen LogP contribution in [0.5, 0.6) is 0 Å². The van der Waals surface area contributed by atoms with Crippen molar-refractivity contribution in [1.82, 2.24) is 0 Å². The third-order valence-electron chi connectivity index (χ3n) is 3.00. The lowest BCUT2D eigenvalue weighted by molar-refractivity contribution is -0.385. The number of rotatable bonds is 3. The summed E-state index contributed by atoms with van der Waals surface area (Å²) in [5, 5.41) is 10.8. The Balaban J connectivity index is 2.36. The first kappa shape index (κ1) is 10.1. The molecule has 4 heteroatoms. The van der Waals surface area contributed by atoms with Crippen LogP contribution in [0.4, 0.5) is 5.69 Å². The van der Waals surface area contributed by atoms with Crippen molar-refractivity contribution in [2.24, 2.45) is 11.7 Å². The van der Waals surface area contributed by atoms with Crippen molar-refractivity contribution in [2.45, 2.75) is 19.3 Å². The summed E-state index contributed by atoms with van der Waals surface area (Å²) in [6, 6.07) is 5.29. The molecule has 1 saturated carbocycles. The molecule has 15 heavy (non-hydrogen) atoms. The number of nitro groups is 1. The van der Waals surface area contributed by atoms with Gasteiger partial charge in [0.15, 0.2) is 0 Å². The van der Waals surface area contributed by atoms with E-state index in [2.05, 4.69) is 0 Å². The van der Waals surface area contributed by atoms with Crippen LogP contribution in [0, 0.1) is 23.0 Å². The summed E-state index contributed by atoms with van der Waals surface area (Å²) < 4.78 is 0. The van der Waals surface area contributed by atoms with Crippen LogP contribution in [-0.4, -0.2) is 11.5 Å². The molecule has 2 unspecified atom stereocenters. The predicted molar refractivity (Wildman–Crippen MR) is 57.7 cm³/mol. The van der Waals surface area contributed by atoms with Crippen LogP contribution in [0.15, 0.2) is 18.2 Å². The minimum atomic E-state index is -0.305. The summed E-state index contributed by atoms with van der Waals surface area (Å²) in [4.78, 5) is 10.5. The van der Waals surface area contributed by atoms with Crippen LogP contribution in [0.1, 0.15) is 23.5 Å². The van der Waals surface area contributed by atoms with Gasteiger partial charge in [0, 0.05) is 11.6 Å². The molecule has 80 valence electrons. The second kappa shape index (κ2) is 3.62. The topological polar surface area (TPSA) is 69.2 Å². The second-order valence-electron chi connectivity index (χ2n) is 4.16. The second-order valence-corrected chi connectivity index (χ2v) is 4.16. The van der Waals surface area contributed by atoms with E-state index >= 15 is 0 Å². The quantitative estimate of drug-likeness (QED) is 0.607. The lowest BCUT2D eigenvalue weighted by atomic mass is 10.0. The maximum atomic E-state index is 10.8. The van der Waals surface area contributed by atoms with Gasteiger partial charge in [-0.1, -0.05) is 11.6 Å². The molecule has 0 aromatic heterocycles. The third kappa shape index (κ3) is 1.85. The molecule has 4 nitrogen and oxygen atoms in total. The van der Waals surface area contributed by atoms with E-state index in [1.54, 1.807) is 12.1 Å². The number of hydrogen-bond donors (Lipinski definition) is 1. The SMILES string of the molecule is Cc1ccc([N+](=O)[O-])c(C2CC2CN)c1. The summed E-state index contributed by atoms with van der Waals surface area (Å²) in [6.45, 7) is 2.57. The van der Waals surface area contributed by atoms with Gasteiger partial charge in [-0.2, -0.15) is 0 Å². The van der Waals surface area contributed by atoms with Crippen LogP contribution in [-0.2, 0) is 0 Å². The highest BCUT2D eigenvalue weighted by molar-refractivity contribution is 5.47. The molecule has 1 fully saturated rings. The Morgan fingerprint density at radius 1 is 1.60 bits per heavy atom. The molecular weight excluding hydrogens is 192 g/mol. The van der Waals surface area contributed by atoms with E-state index in [0.29, 0.717) is 18.4 Å². The summed E-state index contributed by atoms with van der Waals surface area (Å²) in [5.74, 6) is 0.737. The average molecular weight is 206 g/mol. The van der Waals surface area contributed by atoms with E-state index < -0.39 is 0 Å². The van der Waals surface area contributed by atoms with E-state index in [1.807, 2.05) is 13.0 Å². The molecule has 0 aliphatic heterocycles. The summed E-state index contributed by atoms with van der Waals surface area (Å²) in [7, 11) is 0. The Bertz CT molecular complexity index is 404. The lowest BCUT2D eigenvalue weighted by Gasteiger charge is -2.03. The normalized spacial score (nSPS) is 23.9. The Labute approximate surface area is 88.2 Å². The van der Waals surface area contributed by atoms with Gasteiger partial charge in [-0.25, -0.2) is 0 Å². The van der Waals surface area contributed by atoms with E-state index in [9.17, 15) is 10.1 Å². The van der Waals surface area contributed by atoms with Crippen molar-refractivity contribution in [3.05, 3.63) is 39.4 Å². The van der Waals surface area contributed by atoms with Gasteiger partial charge in [-0.3, -0.25) is 10.1 Å². The van der Waals surface area contributed by atoms with Gasteiger partial charge < -0.3 is 5.73 Å². The van der Waals surface area contributed by atoms with Gasteiger partial charge in [-0.15, -0.1) is 0 Å². The fourth-order valence-corrected chi connectivity index (χ4v) is 2.03. The Kier molecular flexibility index (Phi) is 2.44. The molecule has 0 heterocycles. The highest BCUT2D eigenvalue weighted by Gasteiger charge is 2.40. The molecule has 2 rings (SSSR count). The molecule has 2 N–H and O–H groups in total. The molecule has 0 amide bonds. The van der Waals surface area contributed by atoms with Crippen molar-refractivity contribution in [1.29, 1.82) is 0 Å². The molecule has 0 saturated heterocycles. The molecule has 0 spiro atoms. The molecule has 0 bridgehead atoms. The van der Waals surface area contributed by atoms with E-state index in [4.69, 9.17) is 5.73 Å². The fourth-order valence-electron chi connectivity index (χ4n) is 2.03. The molecule has 1 aliphatic rings. The highest BCUT2D eigenvalue weighted by Crippen LogP contribution is 2.49. The van der Waals surface area contributed by atoms with Crippen molar-refractivity contribution in [3.8, 4) is 0 Å². The fraction of sp³-hybridized carbons (Fsp3) is 0.455. The predicted octanol–water partition coefficient (Wildman–Crippen LogP) is 1.97. The molecular formula is C11H14N2O2. The monoisotopic (exact) mass is 206 g/mol. The van der Waals surface area contributed by atoms with Gasteiger partial charge in [0.05, 0.1) is 4.92 Å². The first-order chi connectivity index (χ1) is 7.13. The summed E-state index contributed by atoms with van der Waals surface area (Å²) in [5.41, 5.74) is 7.72. The number of nitro benzene ring substituents is 1. The minimum Gasteiger partial charge on any atom is -0.330 e. The van der Waals surface area contributed by atoms with E-state index in [0.717, 1.165) is 17.5 Å². The zero-order valence-electron chi connectivity index (χ0n) is 8.64. The Morgan fingerprint density at radius 2 is 2.33 bits per heavy atom. The molecule has 0 radical (unpaired) electrons. The Morgan fingerprint density at radius 3 is 2.87 bits per heavy atom. The van der Waals surface area contributed by atoms with Crippen LogP contribution in [0.25, 0.3) is 0 Å². The van der Waals surface area contributed by atoms with Gasteiger partial charge in [0.2, 0.25) is 0 Å². The number of benzene rings is 1. The van der Waals surface area contributed by atoms with Gasteiger partial charge in [-0.05, 0) is 37.8 Å². The maximum Gasteiger partial charge on any atom is 0.272 e. The van der Waals surface area contributed by atoms with Crippen LogP contribution < -0.4 is 5.73 Å². The van der Waals surface area contributed by atoms with Crippen LogP contribution in [0.3, 0.4) is 0 Å². The zero-order chi connectivity index (χ0) is 11.0. The third-order valence-corrected chi connectivity index (χ3v) is 3.00. The van der Waals surface area contributed by atoms with E-state index in [1.165, 1.54) is 0 Å². The number of aryl methyl sites for hydroxylation is 1. The number of nitrogens with zero attached hydrogens (tertiary/aromatic N) is 1. The van der Waals surface area contributed by atoms with Crippen LogP contribution >= 0.6 is 0 Å². The molecule has 1 aromatic carbocycles. The van der Waals surface area contributed by atoms with Crippen molar-refractivity contribution in [2.75, 3.05) is 6.54 Å². The van der Waals surface area contributed by atoms with Gasteiger partial charge in [0.25, 0.3) is 5.69 Å². The Hall–Kier alpha value is -1.42. The lowest BCUT2D eigenvalue weighted by Crippen LogP contribution is -2.03. The summed E-state index contributed by atoms with van der Waals surface area (Å²) in [6.07, 6.45) is 0.987. The largest absolute Gasteiger partial charge is 0.330 e. The molecule has 1 aliphatic carbocycles. The molecule has 2 atom stereocenters. The van der Waals surface area contributed by atoms with Crippen molar-refractivity contribution >= 4 is 5.69 Å². The smallest absolute Gasteiger partial charge is 0.272 e. The maximum absolute atomic E-state index is 10.8. The minimum absolute atomic E-state index is 0.238. The highest BCUT2D eigenvalue weighted by atomic mass is 16.6. The first-order valence-electron chi connectivity index (χ1n) is 5.08. The molecule has 1 aromatic rings. The van der Waals surface area contributed by atoms with Gasteiger partial charge in [0.1, 0.15) is 0 Å². The van der Waals surface area contributed by atoms with Crippen molar-refractivity contribution < 1.29 is 4.92 Å². The number of nitrogens with two attached hydrogens (primary N) is 1. The first-order valence-corrected chi connectivity index (χ1v) is 5.08. The standard InChI is InChI=1S/C11H14N2O2/c1-7-2-3-11(13(14)15)10(4-7)9-5-8(9)6-12/h2-4,8-9H,5-6,12H2,1H3. The zero-order valence-corrected chi connectivity index (χ0v) is 8.64. The van der Waals surface area contributed by atoms with Gasteiger partial charge >= 0.3 is 0 Å². The number of hydrogen-bond acceptors (Lipinski definition) is 3. The van der Waals surface area contributed by atoms with Crippen molar-refractivity contribution in [3.63, 3.8) is 0 Å².